The van der Waals surface area contributed by atoms with E-state index in [0.29, 0.717) is 29.3 Å². The molecular formula is C19H25N3O7S. The highest BCUT2D eigenvalue weighted by Crippen LogP contribution is 2.28. The molecule has 1 aromatic carbocycles. The lowest BCUT2D eigenvalue weighted by molar-refractivity contribution is 0.00344. The Hall–Kier alpha value is -2.63. The summed E-state index contributed by atoms with van der Waals surface area (Å²) in [4.78, 5) is 12.4. The van der Waals surface area contributed by atoms with Crippen molar-refractivity contribution in [1.29, 1.82) is 0 Å². The van der Waals surface area contributed by atoms with Crippen molar-refractivity contribution in [2.24, 2.45) is 5.92 Å². The minimum absolute atomic E-state index is 0.0973. The van der Waals surface area contributed by atoms with Crippen LogP contribution < -0.4 is 15.4 Å². The van der Waals surface area contributed by atoms with E-state index in [2.05, 4.69) is 15.8 Å². The third-order valence-corrected chi connectivity index (χ3v) is 6.23. The number of nitrogens with one attached hydrogen (secondary N) is 2. The van der Waals surface area contributed by atoms with E-state index >= 15 is 0 Å². The first-order valence-corrected chi connectivity index (χ1v) is 11.2. The Morgan fingerprint density at radius 1 is 1.23 bits per heavy atom. The molecule has 4 atom stereocenters. The smallest absolute Gasteiger partial charge is 0.319 e. The van der Waals surface area contributed by atoms with Crippen LogP contribution in [0.15, 0.2) is 33.7 Å². The molecule has 11 heteroatoms. The lowest BCUT2D eigenvalue weighted by Crippen LogP contribution is -2.44. The highest BCUT2D eigenvalue weighted by atomic mass is 32.2. The maximum atomic E-state index is 12.3. The maximum Gasteiger partial charge on any atom is 0.319 e. The number of urea groups is 1. The second-order valence-electron chi connectivity index (χ2n) is 7.44. The summed E-state index contributed by atoms with van der Waals surface area (Å²) in [5.74, 6) is 0.485. The van der Waals surface area contributed by atoms with Gasteiger partial charge >= 0.3 is 6.03 Å². The van der Waals surface area contributed by atoms with Crippen LogP contribution in [0.4, 0.5) is 10.5 Å². The largest absolute Gasteiger partial charge is 0.493 e. The number of benzene rings is 1. The zero-order valence-corrected chi connectivity index (χ0v) is 17.6. The van der Waals surface area contributed by atoms with Gasteiger partial charge in [0.25, 0.3) is 0 Å². The van der Waals surface area contributed by atoms with E-state index in [4.69, 9.17) is 9.26 Å². The van der Waals surface area contributed by atoms with Crippen LogP contribution in [0.5, 0.6) is 5.75 Å². The molecule has 1 aromatic heterocycles. The zero-order chi connectivity index (χ0) is 22.1. The second kappa shape index (κ2) is 8.62. The average Bonchev–Trinajstić information content (AvgIpc) is 3.14. The minimum atomic E-state index is -3.29. The molecule has 164 valence electrons. The first-order valence-electron chi connectivity index (χ1n) is 9.35. The number of nitrogens with zero attached hydrogens (tertiary/aromatic N) is 1. The predicted octanol–water partition coefficient (Wildman–Crippen LogP) is 1.01. The van der Waals surface area contributed by atoms with Crippen LogP contribution >= 0.6 is 0 Å². The molecule has 1 aliphatic carbocycles. The molecule has 10 nitrogen and oxygen atoms in total. The summed E-state index contributed by atoms with van der Waals surface area (Å²) >= 11 is 0. The highest BCUT2D eigenvalue weighted by molar-refractivity contribution is 7.90. The summed E-state index contributed by atoms with van der Waals surface area (Å²) in [6, 6.07) is 4.73. The summed E-state index contributed by atoms with van der Waals surface area (Å²) in [5, 5.41) is 29.6. The van der Waals surface area contributed by atoms with E-state index < -0.39 is 40.0 Å². The van der Waals surface area contributed by atoms with Gasteiger partial charge in [-0.15, -0.1) is 0 Å². The number of carbonyl (C=O) groups is 1. The Kier molecular flexibility index (Phi) is 6.34. The zero-order valence-electron chi connectivity index (χ0n) is 16.8. The topological polar surface area (TPSA) is 151 Å². The van der Waals surface area contributed by atoms with Crippen LogP contribution in [0.3, 0.4) is 0 Å². The van der Waals surface area contributed by atoms with Gasteiger partial charge in [0.15, 0.2) is 15.6 Å². The van der Waals surface area contributed by atoms with E-state index in [0.717, 1.165) is 6.26 Å². The molecule has 1 saturated carbocycles. The number of rotatable bonds is 6. The first kappa shape index (κ1) is 22.1. The van der Waals surface area contributed by atoms with Crippen molar-refractivity contribution in [3.8, 4) is 5.75 Å². The van der Waals surface area contributed by atoms with Crippen LogP contribution in [-0.4, -0.2) is 60.9 Å². The van der Waals surface area contributed by atoms with Gasteiger partial charge in [-0.1, -0.05) is 5.16 Å². The lowest BCUT2D eigenvalue weighted by Gasteiger charge is -2.18. The summed E-state index contributed by atoms with van der Waals surface area (Å²) < 4.78 is 33.6. The van der Waals surface area contributed by atoms with Crippen molar-refractivity contribution < 1.29 is 32.7 Å². The number of aromatic nitrogens is 1. The predicted molar refractivity (Wildman–Crippen MR) is 107 cm³/mol. The number of aryl methyl sites for hydroxylation is 2. The molecule has 0 spiro atoms. The second-order valence-corrected chi connectivity index (χ2v) is 9.45. The Balaban J connectivity index is 1.55. The number of hydrogen-bond acceptors (Lipinski definition) is 8. The normalized spacial score (nSPS) is 23.9. The number of aliphatic hydroxyl groups excluding tert-OH is 2. The molecular weight excluding hydrogens is 414 g/mol. The van der Waals surface area contributed by atoms with Crippen molar-refractivity contribution >= 4 is 21.6 Å². The fourth-order valence-corrected chi connectivity index (χ4v) is 4.03. The Labute approximate surface area is 174 Å². The Bertz CT molecular complexity index is 984. The first-order chi connectivity index (χ1) is 14.1. The number of hydrogen-bond donors (Lipinski definition) is 4. The van der Waals surface area contributed by atoms with Crippen molar-refractivity contribution in [2.75, 3.05) is 18.2 Å². The summed E-state index contributed by atoms with van der Waals surface area (Å²) in [5.41, 5.74) is 0.987. The lowest BCUT2D eigenvalue weighted by atomic mass is 10.1. The van der Waals surface area contributed by atoms with Crippen molar-refractivity contribution in [1.82, 2.24) is 10.5 Å². The molecule has 0 bridgehead atoms. The molecule has 0 unspecified atom stereocenters. The van der Waals surface area contributed by atoms with E-state index in [-0.39, 0.29) is 11.5 Å². The molecule has 0 radical (unpaired) electrons. The molecule has 1 heterocycles. The van der Waals surface area contributed by atoms with Crippen molar-refractivity contribution in [3.63, 3.8) is 0 Å². The van der Waals surface area contributed by atoms with Crippen LogP contribution in [0.2, 0.25) is 0 Å². The van der Waals surface area contributed by atoms with Crippen molar-refractivity contribution in [2.45, 2.75) is 43.4 Å². The molecule has 2 aromatic rings. The number of aliphatic hydroxyl groups is 2. The summed E-state index contributed by atoms with van der Waals surface area (Å²) in [6.45, 7) is 3.45. The van der Waals surface area contributed by atoms with Crippen LogP contribution in [0.25, 0.3) is 0 Å². The van der Waals surface area contributed by atoms with Gasteiger partial charge in [-0.05, 0) is 44.5 Å². The fourth-order valence-electron chi connectivity index (χ4n) is 3.40. The molecule has 2 amide bonds. The average molecular weight is 439 g/mol. The maximum absolute atomic E-state index is 12.3. The van der Waals surface area contributed by atoms with Gasteiger partial charge in [-0.3, -0.25) is 0 Å². The van der Waals surface area contributed by atoms with Gasteiger partial charge in [0.2, 0.25) is 0 Å². The fraction of sp³-hybridized carbons (Fsp3) is 0.474. The van der Waals surface area contributed by atoms with Crippen LogP contribution in [0.1, 0.15) is 17.9 Å². The number of sulfone groups is 1. The molecule has 0 saturated heterocycles. The van der Waals surface area contributed by atoms with E-state index in [1.807, 2.05) is 0 Å². The third kappa shape index (κ3) is 4.91. The molecule has 1 aliphatic rings. The van der Waals surface area contributed by atoms with Gasteiger partial charge in [0.05, 0.1) is 23.6 Å². The monoisotopic (exact) mass is 439 g/mol. The molecule has 30 heavy (non-hydrogen) atoms. The van der Waals surface area contributed by atoms with Gasteiger partial charge in [0.1, 0.15) is 23.2 Å². The number of carbonyl (C=O) groups excluding carboxylic acids is 1. The van der Waals surface area contributed by atoms with Crippen LogP contribution in [-0.2, 0) is 9.84 Å². The summed E-state index contributed by atoms with van der Waals surface area (Å²) in [6.07, 6.45) is -0.807. The SMILES string of the molecule is Cc1noc(C)c1NC(=O)N[C@@H]1C[C@H](COc2ccc(S(C)(=O)=O)cc2)[C@@H](O)[C@H]1O. The van der Waals surface area contributed by atoms with E-state index in [9.17, 15) is 23.4 Å². The third-order valence-electron chi connectivity index (χ3n) is 5.11. The number of ether oxygens (including phenoxy) is 1. The van der Waals surface area contributed by atoms with Crippen LogP contribution in [0, 0.1) is 19.8 Å². The van der Waals surface area contributed by atoms with Gasteiger partial charge in [-0.25, -0.2) is 13.2 Å². The molecule has 4 N–H and O–H groups in total. The standard InChI is InChI=1S/C19H25N3O7S/c1-10-16(11(2)29-22-10)21-19(25)20-15-8-12(17(23)18(15)24)9-28-13-4-6-14(7-5-13)30(3,26)27/h4-7,12,15,17-18,23-24H,8-9H2,1-3H3,(H2,20,21,25)/t12-,15-,17-,18+/m1/s1. The summed E-state index contributed by atoms with van der Waals surface area (Å²) in [7, 11) is -3.29. The number of anilines is 1. The molecule has 0 aliphatic heterocycles. The van der Waals surface area contributed by atoms with Gasteiger partial charge < -0.3 is 30.1 Å². The van der Waals surface area contributed by atoms with E-state index in [1.165, 1.54) is 24.3 Å². The highest BCUT2D eigenvalue weighted by Gasteiger charge is 2.42. The number of amides is 2. The Morgan fingerprint density at radius 3 is 2.47 bits per heavy atom. The van der Waals surface area contributed by atoms with Gasteiger partial charge in [-0.2, -0.15) is 0 Å². The quantitative estimate of drug-likeness (QED) is 0.520. The van der Waals surface area contributed by atoms with E-state index in [1.54, 1.807) is 13.8 Å². The molecule has 1 fully saturated rings. The van der Waals surface area contributed by atoms with Crippen molar-refractivity contribution in [3.05, 3.63) is 35.7 Å². The minimum Gasteiger partial charge on any atom is -0.493 e. The Morgan fingerprint density at radius 2 is 1.90 bits per heavy atom. The van der Waals surface area contributed by atoms with Gasteiger partial charge in [0, 0.05) is 12.2 Å². The molecule has 3 rings (SSSR count).